The summed E-state index contributed by atoms with van der Waals surface area (Å²) in [6, 6.07) is 10.2. The summed E-state index contributed by atoms with van der Waals surface area (Å²) in [5.74, 6) is -1.10. The van der Waals surface area contributed by atoms with Crippen LogP contribution < -0.4 is 5.32 Å². The lowest BCUT2D eigenvalue weighted by Crippen LogP contribution is -2.40. The van der Waals surface area contributed by atoms with Crippen LogP contribution in [0.25, 0.3) is 11.4 Å². The van der Waals surface area contributed by atoms with Crippen molar-refractivity contribution in [2.24, 2.45) is 0 Å². The van der Waals surface area contributed by atoms with Gasteiger partial charge < -0.3 is 9.84 Å². The predicted octanol–water partition coefficient (Wildman–Crippen LogP) is 2.98. The van der Waals surface area contributed by atoms with Gasteiger partial charge in [0.05, 0.1) is 0 Å². The van der Waals surface area contributed by atoms with Gasteiger partial charge in [0.2, 0.25) is 11.7 Å². The molecular formula is C19H14F2N4O3. The molecule has 4 rings (SSSR count). The first-order valence-corrected chi connectivity index (χ1v) is 8.35. The molecule has 9 heteroatoms. The van der Waals surface area contributed by atoms with Crippen molar-refractivity contribution >= 4 is 11.9 Å². The Bertz CT molecular complexity index is 1050. The van der Waals surface area contributed by atoms with E-state index in [0.717, 1.165) is 4.90 Å². The van der Waals surface area contributed by atoms with Gasteiger partial charge in [0.15, 0.2) is 0 Å². The van der Waals surface area contributed by atoms with Crippen molar-refractivity contribution in [2.45, 2.75) is 19.0 Å². The number of urea groups is 1. The van der Waals surface area contributed by atoms with E-state index in [1.165, 1.54) is 55.5 Å². The van der Waals surface area contributed by atoms with Crippen LogP contribution in [0, 0.1) is 11.6 Å². The van der Waals surface area contributed by atoms with Gasteiger partial charge in [-0.1, -0.05) is 17.3 Å². The Labute approximate surface area is 158 Å². The van der Waals surface area contributed by atoms with Crippen molar-refractivity contribution in [1.29, 1.82) is 0 Å². The third kappa shape index (κ3) is 3.00. The van der Waals surface area contributed by atoms with Crippen LogP contribution >= 0.6 is 0 Å². The second-order valence-corrected chi connectivity index (χ2v) is 6.47. The number of nitrogens with zero attached hydrogens (tertiary/aromatic N) is 3. The summed E-state index contributed by atoms with van der Waals surface area (Å²) in [5, 5.41) is 6.41. The zero-order chi connectivity index (χ0) is 19.9. The molecule has 2 heterocycles. The van der Waals surface area contributed by atoms with Crippen molar-refractivity contribution < 1.29 is 22.9 Å². The number of amides is 3. The molecule has 1 N–H and O–H groups in total. The Morgan fingerprint density at radius 1 is 1.04 bits per heavy atom. The van der Waals surface area contributed by atoms with Crippen molar-refractivity contribution in [3.8, 4) is 11.4 Å². The standard InChI is InChI=1S/C19H14F2N4O3/c1-19(12-4-8-14(21)9-5-12)17(26)25(18(27)23-19)10-15-22-16(24-28-15)11-2-6-13(20)7-3-11/h2-9H,10H2,1H3,(H,23,27). The summed E-state index contributed by atoms with van der Waals surface area (Å²) in [5.41, 5.74) is -0.345. The van der Waals surface area contributed by atoms with E-state index in [4.69, 9.17) is 4.52 Å². The maximum Gasteiger partial charge on any atom is 0.325 e. The summed E-state index contributed by atoms with van der Waals surface area (Å²) < 4.78 is 31.3. The fourth-order valence-electron chi connectivity index (χ4n) is 2.99. The Kier molecular flexibility index (Phi) is 4.14. The number of imide groups is 1. The monoisotopic (exact) mass is 384 g/mol. The molecule has 1 aliphatic rings. The Hall–Kier alpha value is -3.62. The smallest absolute Gasteiger partial charge is 0.325 e. The first kappa shape index (κ1) is 17.8. The van der Waals surface area contributed by atoms with E-state index in [0.29, 0.717) is 11.1 Å². The van der Waals surface area contributed by atoms with Crippen molar-refractivity contribution in [3.63, 3.8) is 0 Å². The molecule has 28 heavy (non-hydrogen) atoms. The molecule has 1 saturated heterocycles. The number of benzene rings is 2. The minimum absolute atomic E-state index is 0.0474. The maximum absolute atomic E-state index is 13.2. The van der Waals surface area contributed by atoms with E-state index in [9.17, 15) is 18.4 Å². The highest BCUT2D eigenvalue weighted by Crippen LogP contribution is 2.30. The zero-order valence-electron chi connectivity index (χ0n) is 14.6. The molecule has 3 amide bonds. The van der Waals surface area contributed by atoms with E-state index in [2.05, 4.69) is 15.5 Å². The van der Waals surface area contributed by atoms with Crippen LogP contribution in [0.2, 0.25) is 0 Å². The molecule has 1 aliphatic heterocycles. The molecule has 0 bridgehead atoms. The second-order valence-electron chi connectivity index (χ2n) is 6.47. The van der Waals surface area contributed by atoms with Crippen LogP contribution in [0.4, 0.5) is 13.6 Å². The molecule has 0 radical (unpaired) electrons. The molecule has 1 fully saturated rings. The average molecular weight is 384 g/mol. The van der Waals surface area contributed by atoms with Gasteiger partial charge in [-0.25, -0.2) is 13.6 Å². The SMILES string of the molecule is CC1(c2ccc(F)cc2)NC(=O)N(Cc2nc(-c3ccc(F)cc3)no2)C1=O. The maximum atomic E-state index is 13.2. The van der Waals surface area contributed by atoms with Crippen molar-refractivity contribution in [2.75, 3.05) is 0 Å². The molecule has 142 valence electrons. The largest absolute Gasteiger partial charge is 0.337 e. The van der Waals surface area contributed by atoms with Crippen LogP contribution in [-0.2, 0) is 16.9 Å². The molecule has 1 atom stereocenters. The number of carbonyl (C=O) groups is 2. The lowest BCUT2D eigenvalue weighted by Gasteiger charge is -2.21. The number of halogens is 2. The van der Waals surface area contributed by atoms with Gasteiger partial charge in [0, 0.05) is 5.56 Å². The molecule has 1 aromatic heterocycles. The molecule has 2 aromatic carbocycles. The minimum atomic E-state index is -1.33. The highest BCUT2D eigenvalue weighted by Gasteiger charge is 2.49. The fourth-order valence-corrected chi connectivity index (χ4v) is 2.99. The molecule has 1 unspecified atom stereocenters. The van der Waals surface area contributed by atoms with Gasteiger partial charge in [-0.05, 0) is 48.9 Å². The molecule has 0 spiro atoms. The van der Waals surface area contributed by atoms with Crippen LogP contribution in [0.15, 0.2) is 53.1 Å². The Morgan fingerprint density at radius 3 is 2.29 bits per heavy atom. The highest BCUT2D eigenvalue weighted by atomic mass is 19.1. The van der Waals surface area contributed by atoms with Gasteiger partial charge in [0.1, 0.15) is 23.7 Å². The summed E-state index contributed by atoms with van der Waals surface area (Å²) in [6.07, 6.45) is 0. The summed E-state index contributed by atoms with van der Waals surface area (Å²) in [7, 11) is 0. The fraction of sp³-hybridized carbons (Fsp3) is 0.158. The number of nitrogens with one attached hydrogen (secondary N) is 1. The summed E-state index contributed by atoms with van der Waals surface area (Å²) in [6.45, 7) is 1.31. The van der Waals surface area contributed by atoms with Crippen LogP contribution in [0.5, 0.6) is 0 Å². The first-order chi connectivity index (χ1) is 13.4. The van der Waals surface area contributed by atoms with Crippen molar-refractivity contribution in [3.05, 3.63) is 71.6 Å². The lowest BCUT2D eigenvalue weighted by molar-refractivity contribution is -0.131. The zero-order valence-corrected chi connectivity index (χ0v) is 14.6. The minimum Gasteiger partial charge on any atom is -0.337 e. The molecule has 0 aliphatic carbocycles. The van der Waals surface area contributed by atoms with Gasteiger partial charge in [0.25, 0.3) is 5.91 Å². The van der Waals surface area contributed by atoms with Gasteiger partial charge in [-0.15, -0.1) is 0 Å². The van der Waals surface area contributed by atoms with Crippen LogP contribution in [0.1, 0.15) is 18.4 Å². The quantitative estimate of drug-likeness (QED) is 0.699. The van der Waals surface area contributed by atoms with Crippen LogP contribution in [0.3, 0.4) is 0 Å². The third-order valence-corrected chi connectivity index (χ3v) is 4.56. The van der Waals surface area contributed by atoms with E-state index in [-0.39, 0.29) is 18.3 Å². The summed E-state index contributed by atoms with van der Waals surface area (Å²) in [4.78, 5) is 30.3. The first-order valence-electron chi connectivity index (χ1n) is 8.35. The highest BCUT2D eigenvalue weighted by molar-refractivity contribution is 6.07. The van der Waals surface area contributed by atoms with Gasteiger partial charge in [-0.2, -0.15) is 4.98 Å². The molecule has 3 aromatic rings. The number of aromatic nitrogens is 2. The van der Waals surface area contributed by atoms with E-state index < -0.39 is 29.1 Å². The Balaban J connectivity index is 1.55. The van der Waals surface area contributed by atoms with E-state index in [1.54, 1.807) is 0 Å². The Morgan fingerprint density at radius 2 is 1.64 bits per heavy atom. The van der Waals surface area contributed by atoms with Gasteiger partial charge >= 0.3 is 6.03 Å². The number of rotatable bonds is 4. The number of carbonyl (C=O) groups excluding carboxylic acids is 2. The number of hydrogen-bond acceptors (Lipinski definition) is 5. The molecule has 0 saturated carbocycles. The van der Waals surface area contributed by atoms with Gasteiger partial charge in [-0.3, -0.25) is 9.69 Å². The van der Waals surface area contributed by atoms with Crippen molar-refractivity contribution in [1.82, 2.24) is 20.4 Å². The molecular weight excluding hydrogens is 370 g/mol. The number of hydrogen-bond donors (Lipinski definition) is 1. The normalized spacial score (nSPS) is 19.2. The second kappa shape index (κ2) is 6.52. The van der Waals surface area contributed by atoms with E-state index in [1.807, 2.05) is 0 Å². The van der Waals surface area contributed by atoms with Crippen LogP contribution in [-0.4, -0.2) is 27.0 Å². The topological polar surface area (TPSA) is 88.3 Å². The molecule has 7 nitrogen and oxygen atoms in total. The lowest BCUT2D eigenvalue weighted by atomic mass is 9.92. The average Bonchev–Trinajstić information content (AvgIpc) is 3.22. The third-order valence-electron chi connectivity index (χ3n) is 4.56. The summed E-state index contributed by atoms with van der Waals surface area (Å²) >= 11 is 0. The predicted molar refractivity (Wildman–Crippen MR) is 92.5 cm³/mol. The van der Waals surface area contributed by atoms with E-state index >= 15 is 0 Å².